The van der Waals surface area contributed by atoms with Gasteiger partial charge >= 0.3 is 0 Å². The van der Waals surface area contributed by atoms with Crippen molar-refractivity contribution < 1.29 is 9.84 Å². The summed E-state index contributed by atoms with van der Waals surface area (Å²) in [5.41, 5.74) is 2.13. The third-order valence-electron chi connectivity index (χ3n) is 0.672. The molecule has 0 spiro atoms. The fourth-order valence-corrected chi connectivity index (χ4v) is 0.278. The topological polar surface area (TPSA) is 67.5 Å². The molecule has 0 aliphatic heterocycles. The van der Waals surface area contributed by atoms with Crippen molar-refractivity contribution in [1.82, 2.24) is 5.43 Å². The molecule has 4 N–H and O–H groups in total. The summed E-state index contributed by atoms with van der Waals surface area (Å²) in [6.07, 6.45) is -0.741. The first-order valence-corrected chi connectivity index (χ1v) is 2.53. The Morgan fingerprint density at radius 1 is 1.88 bits per heavy atom. The van der Waals surface area contributed by atoms with Gasteiger partial charge in [0.05, 0.1) is 6.61 Å². The summed E-state index contributed by atoms with van der Waals surface area (Å²) in [5.74, 6) is 4.83. The van der Waals surface area contributed by atoms with Crippen LogP contribution in [0.3, 0.4) is 0 Å². The molecule has 0 amide bonds. The second-order valence-electron chi connectivity index (χ2n) is 1.34. The van der Waals surface area contributed by atoms with Crippen molar-refractivity contribution in [3.63, 3.8) is 0 Å². The molecule has 1 unspecified atom stereocenters. The number of hydrogen-bond acceptors (Lipinski definition) is 4. The Hall–Kier alpha value is -0.160. The van der Waals surface area contributed by atoms with E-state index in [2.05, 4.69) is 5.43 Å². The van der Waals surface area contributed by atoms with E-state index in [1.165, 1.54) is 0 Å². The van der Waals surface area contributed by atoms with Gasteiger partial charge in [-0.2, -0.15) is 0 Å². The molecule has 50 valence electrons. The van der Waals surface area contributed by atoms with Gasteiger partial charge in [-0.15, -0.1) is 0 Å². The van der Waals surface area contributed by atoms with Crippen molar-refractivity contribution in [2.24, 2.45) is 5.84 Å². The van der Waals surface area contributed by atoms with Crippen LogP contribution in [-0.4, -0.2) is 24.5 Å². The Labute approximate surface area is 48.6 Å². The molecule has 0 fully saturated rings. The fraction of sp³-hybridized carbons (Fsp3) is 1.00. The van der Waals surface area contributed by atoms with Gasteiger partial charge < -0.3 is 9.84 Å². The lowest BCUT2D eigenvalue weighted by Gasteiger charge is -2.06. The van der Waals surface area contributed by atoms with Crippen molar-refractivity contribution in [3.05, 3.63) is 0 Å². The van der Waals surface area contributed by atoms with Gasteiger partial charge in [-0.25, -0.2) is 5.43 Å². The maximum atomic E-state index is 8.63. The molecular formula is C4H12N2O2. The molecule has 0 bridgehead atoms. The summed E-state index contributed by atoms with van der Waals surface area (Å²) < 4.78 is 4.79. The normalized spacial score (nSPS) is 13.9. The summed E-state index contributed by atoms with van der Waals surface area (Å²) in [6.45, 7) is 2.69. The molecule has 0 aromatic carbocycles. The summed E-state index contributed by atoms with van der Waals surface area (Å²) >= 11 is 0. The van der Waals surface area contributed by atoms with Crippen molar-refractivity contribution in [2.45, 2.75) is 13.2 Å². The van der Waals surface area contributed by atoms with Crippen LogP contribution in [0.2, 0.25) is 0 Å². The molecular weight excluding hydrogens is 108 g/mol. The first-order valence-electron chi connectivity index (χ1n) is 2.53. The lowest BCUT2D eigenvalue weighted by Crippen LogP contribution is -2.38. The third-order valence-corrected chi connectivity index (χ3v) is 0.672. The van der Waals surface area contributed by atoms with Gasteiger partial charge in [-0.1, -0.05) is 0 Å². The van der Waals surface area contributed by atoms with E-state index in [-0.39, 0.29) is 6.61 Å². The predicted octanol–water partition coefficient (Wildman–Crippen LogP) is -1.20. The van der Waals surface area contributed by atoms with Crippen LogP contribution in [-0.2, 0) is 4.74 Å². The number of hydrazine groups is 1. The first-order chi connectivity index (χ1) is 3.81. The lowest BCUT2D eigenvalue weighted by atomic mass is 10.6. The quantitative estimate of drug-likeness (QED) is 0.248. The number of hydrogen-bond donors (Lipinski definition) is 3. The highest BCUT2D eigenvalue weighted by atomic mass is 16.5. The van der Waals surface area contributed by atoms with E-state index in [1.807, 2.05) is 6.92 Å². The Balaban J connectivity index is 2.86. The minimum Gasteiger partial charge on any atom is -0.378 e. The van der Waals surface area contributed by atoms with E-state index in [0.717, 1.165) is 0 Å². The number of aliphatic hydroxyl groups is 1. The molecule has 0 rings (SSSR count). The first kappa shape index (κ1) is 7.84. The van der Waals surface area contributed by atoms with Gasteiger partial charge in [0.1, 0.15) is 6.23 Å². The van der Waals surface area contributed by atoms with E-state index < -0.39 is 6.23 Å². The lowest BCUT2D eigenvalue weighted by molar-refractivity contribution is 0.0239. The van der Waals surface area contributed by atoms with Crippen LogP contribution in [0.25, 0.3) is 0 Å². The van der Waals surface area contributed by atoms with Crippen LogP contribution in [0.1, 0.15) is 6.92 Å². The second-order valence-corrected chi connectivity index (χ2v) is 1.34. The molecule has 0 saturated heterocycles. The number of aliphatic hydroxyl groups excluding tert-OH is 1. The third kappa shape index (κ3) is 4.01. The molecule has 0 aromatic rings. The van der Waals surface area contributed by atoms with Gasteiger partial charge in [0, 0.05) is 6.61 Å². The summed E-state index contributed by atoms with van der Waals surface area (Å²) in [6, 6.07) is 0. The highest BCUT2D eigenvalue weighted by molar-refractivity contribution is 4.40. The molecule has 0 heterocycles. The van der Waals surface area contributed by atoms with Crippen molar-refractivity contribution >= 4 is 0 Å². The van der Waals surface area contributed by atoms with E-state index in [0.29, 0.717) is 6.61 Å². The van der Waals surface area contributed by atoms with Crippen LogP contribution in [0.15, 0.2) is 0 Å². The molecule has 8 heavy (non-hydrogen) atoms. The molecule has 0 aliphatic carbocycles. The smallest absolute Gasteiger partial charge is 0.140 e. The maximum Gasteiger partial charge on any atom is 0.140 e. The molecule has 0 radical (unpaired) electrons. The highest BCUT2D eigenvalue weighted by Gasteiger charge is 1.95. The molecule has 4 heteroatoms. The number of rotatable bonds is 4. The largest absolute Gasteiger partial charge is 0.378 e. The maximum absolute atomic E-state index is 8.63. The van der Waals surface area contributed by atoms with Gasteiger partial charge in [-0.05, 0) is 6.92 Å². The van der Waals surface area contributed by atoms with Crippen molar-refractivity contribution in [2.75, 3.05) is 13.2 Å². The average Bonchev–Trinajstić information content (AvgIpc) is 1.83. The van der Waals surface area contributed by atoms with Gasteiger partial charge in [0.15, 0.2) is 0 Å². The molecule has 4 nitrogen and oxygen atoms in total. The zero-order valence-electron chi connectivity index (χ0n) is 4.92. The minimum atomic E-state index is -0.741. The van der Waals surface area contributed by atoms with Crippen LogP contribution < -0.4 is 11.3 Å². The average molecular weight is 120 g/mol. The van der Waals surface area contributed by atoms with E-state index in [4.69, 9.17) is 15.7 Å². The molecule has 0 saturated carbocycles. The SMILES string of the molecule is CCOCC(O)NN. The van der Waals surface area contributed by atoms with Gasteiger partial charge in [-0.3, -0.25) is 5.84 Å². The molecule has 0 aromatic heterocycles. The number of nitrogens with one attached hydrogen (secondary N) is 1. The minimum absolute atomic E-state index is 0.243. The zero-order chi connectivity index (χ0) is 6.41. The Morgan fingerprint density at radius 3 is 2.88 bits per heavy atom. The Kier molecular flexibility index (Phi) is 4.89. The summed E-state index contributed by atoms with van der Waals surface area (Å²) in [5, 5.41) is 8.63. The van der Waals surface area contributed by atoms with Crippen LogP contribution in [0, 0.1) is 0 Å². The summed E-state index contributed by atoms with van der Waals surface area (Å²) in [4.78, 5) is 0. The predicted molar refractivity (Wildman–Crippen MR) is 29.8 cm³/mol. The number of nitrogens with two attached hydrogens (primary N) is 1. The van der Waals surface area contributed by atoms with E-state index in [1.54, 1.807) is 0 Å². The molecule has 1 atom stereocenters. The van der Waals surface area contributed by atoms with E-state index >= 15 is 0 Å². The number of ether oxygens (including phenoxy) is 1. The standard InChI is InChI=1S/C4H12N2O2/c1-2-8-3-4(7)6-5/h4,6-7H,2-3,5H2,1H3. The van der Waals surface area contributed by atoms with Crippen LogP contribution in [0.4, 0.5) is 0 Å². The van der Waals surface area contributed by atoms with Crippen LogP contribution in [0.5, 0.6) is 0 Å². The van der Waals surface area contributed by atoms with Crippen molar-refractivity contribution in [3.8, 4) is 0 Å². The summed E-state index contributed by atoms with van der Waals surface area (Å²) in [7, 11) is 0. The van der Waals surface area contributed by atoms with Crippen molar-refractivity contribution in [1.29, 1.82) is 0 Å². The zero-order valence-corrected chi connectivity index (χ0v) is 4.92. The molecule has 0 aliphatic rings. The van der Waals surface area contributed by atoms with Gasteiger partial charge in [0.25, 0.3) is 0 Å². The second kappa shape index (κ2) is 4.99. The Bertz CT molecular complexity index is 51.3. The Morgan fingerprint density at radius 2 is 2.50 bits per heavy atom. The fourth-order valence-electron chi connectivity index (χ4n) is 0.278. The highest BCUT2D eigenvalue weighted by Crippen LogP contribution is 1.75. The van der Waals surface area contributed by atoms with Gasteiger partial charge in [0.2, 0.25) is 0 Å². The monoisotopic (exact) mass is 120 g/mol. The van der Waals surface area contributed by atoms with Crippen LogP contribution >= 0.6 is 0 Å². The van der Waals surface area contributed by atoms with E-state index in [9.17, 15) is 0 Å².